The summed E-state index contributed by atoms with van der Waals surface area (Å²) in [5.74, 6) is -17.6. The van der Waals surface area contributed by atoms with Gasteiger partial charge in [0.25, 0.3) is 5.69 Å². The molecule has 23 heavy (non-hydrogen) atoms. The Labute approximate surface area is 121 Å². The molecular formula is C12H2F8N2O. The molecule has 0 N–H and O–H groups in total. The lowest BCUT2D eigenvalue weighted by atomic mass is 10.2. The van der Waals surface area contributed by atoms with Crippen molar-refractivity contribution in [3.8, 4) is 0 Å². The summed E-state index contributed by atoms with van der Waals surface area (Å²) in [7, 11) is 0. The summed E-state index contributed by atoms with van der Waals surface area (Å²) in [5.41, 5.74) is -2.95. The molecule has 0 amide bonds. The zero-order valence-electron chi connectivity index (χ0n) is 10.5. The number of hydrogen-bond donors (Lipinski definition) is 0. The van der Waals surface area contributed by atoms with Crippen molar-refractivity contribution in [2.45, 2.75) is 0 Å². The maximum atomic E-state index is 13.3. The summed E-state index contributed by atoms with van der Waals surface area (Å²) >= 11 is 0. The lowest BCUT2D eigenvalue weighted by Gasteiger charge is -2.04. The predicted octanol–water partition coefficient (Wildman–Crippen LogP) is 4.73. The van der Waals surface area contributed by atoms with Crippen molar-refractivity contribution < 1.29 is 40.0 Å². The average Bonchev–Trinajstić information content (AvgIpc) is 2.52. The second kappa shape index (κ2) is 5.82. The van der Waals surface area contributed by atoms with Crippen molar-refractivity contribution >= 4 is 11.4 Å². The second-order valence-corrected chi connectivity index (χ2v) is 4.01. The summed E-state index contributed by atoms with van der Waals surface area (Å²) in [4.78, 5) is -0.829. The molecule has 0 aliphatic rings. The average molecular weight is 342 g/mol. The molecule has 2 rings (SSSR count). The van der Waals surface area contributed by atoms with Crippen LogP contribution in [0, 0.1) is 51.7 Å². The maximum absolute atomic E-state index is 13.3. The lowest BCUT2D eigenvalue weighted by Crippen LogP contribution is -2.03. The van der Waals surface area contributed by atoms with Crippen LogP contribution in [0.3, 0.4) is 0 Å². The highest BCUT2D eigenvalue weighted by atomic mass is 19.2. The van der Waals surface area contributed by atoms with Gasteiger partial charge in [-0.05, 0) is 4.86 Å². The van der Waals surface area contributed by atoms with E-state index in [1.54, 1.807) is 0 Å². The summed E-state index contributed by atoms with van der Waals surface area (Å²) in [6.07, 6.45) is 0. The molecule has 2 aromatic rings. The van der Waals surface area contributed by atoms with E-state index in [0.717, 1.165) is 0 Å². The smallest absolute Gasteiger partial charge is 0.251 e. The topological polar surface area (TPSA) is 38.4 Å². The van der Waals surface area contributed by atoms with Gasteiger partial charge in [0.2, 0.25) is 11.5 Å². The molecule has 0 saturated heterocycles. The van der Waals surface area contributed by atoms with Crippen LogP contribution in [0.2, 0.25) is 0 Å². The fourth-order valence-electron chi connectivity index (χ4n) is 1.48. The molecule has 0 heterocycles. The van der Waals surface area contributed by atoms with Crippen molar-refractivity contribution in [3.05, 3.63) is 63.9 Å². The fourth-order valence-corrected chi connectivity index (χ4v) is 1.48. The van der Waals surface area contributed by atoms with Gasteiger partial charge in [-0.15, -0.1) is 0 Å². The molecule has 0 bridgehead atoms. The molecule has 0 fully saturated rings. The van der Waals surface area contributed by atoms with E-state index >= 15 is 0 Å². The maximum Gasteiger partial charge on any atom is 0.251 e. The van der Waals surface area contributed by atoms with Crippen LogP contribution in [0.5, 0.6) is 0 Å². The summed E-state index contributed by atoms with van der Waals surface area (Å²) in [6.45, 7) is 0. The van der Waals surface area contributed by atoms with Crippen molar-refractivity contribution in [2.24, 2.45) is 5.11 Å². The van der Waals surface area contributed by atoms with E-state index in [9.17, 15) is 40.3 Å². The van der Waals surface area contributed by atoms with Gasteiger partial charge in [-0.2, -0.15) is 0 Å². The number of hydrogen-bond acceptors (Lipinski definition) is 2. The fraction of sp³-hybridized carbons (Fsp3) is 0. The van der Waals surface area contributed by atoms with Crippen molar-refractivity contribution in [1.82, 2.24) is 0 Å². The van der Waals surface area contributed by atoms with E-state index in [4.69, 9.17) is 0 Å². The van der Waals surface area contributed by atoms with E-state index in [2.05, 4.69) is 5.11 Å². The molecule has 0 saturated carbocycles. The van der Waals surface area contributed by atoms with Gasteiger partial charge in [-0.1, -0.05) is 0 Å². The molecule has 3 nitrogen and oxygen atoms in total. The van der Waals surface area contributed by atoms with Gasteiger partial charge in [-0.3, -0.25) is 0 Å². The molecule has 0 atom stereocenters. The zero-order chi connectivity index (χ0) is 17.5. The number of benzene rings is 2. The van der Waals surface area contributed by atoms with Crippen LogP contribution in [-0.4, -0.2) is 4.86 Å². The standard InChI is InChI=1S/C12H2F8N2O/c13-4-1-3(2-5(14)6(4)15)22(23)21-12-10(19)8(17)7(16)9(18)11(12)20/h1-2H. The Balaban J connectivity index is 2.63. The summed E-state index contributed by atoms with van der Waals surface area (Å²) < 4.78 is 104. The largest absolute Gasteiger partial charge is 0.594 e. The normalized spacial score (nSPS) is 11.9. The van der Waals surface area contributed by atoms with Crippen LogP contribution in [0.4, 0.5) is 46.5 Å². The number of halogens is 8. The monoisotopic (exact) mass is 342 g/mol. The van der Waals surface area contributed by atoms with Crippen LogP contribution in [0.15, 0.2) is 17.2 Å². The first kappa shape index (κ1) is 16.6. The Bertz CT molecular complexity index is 784. The molecular weight excluding hydrogens is 340 g/mol. The van der Waals surface area contributed by atoms with Gasteiger partial charge in [0, 0.05) is 5.11 Å². The van der Waals surface area contributed by atoms with Crippen molar-refractivity contribution in [2.75, 3.05) is 0 Å². The third-order valence-corrected chi connectivity index (χ3v) is 2.57. The first-order valence-corrected chi connectivity index (χ1v) is 5.50. The highest BCUT2D eigenvalue weighted by Crippen LogP contribution is 2.31. The van der Waals surface area contributed by atoms with Crippen LogP contribution < -0.4 is 0 Å². The van der Waals surface area contributed by atoms with Crippen molar-refractivity contribution in [1.29, 1.82) is 0 Å². The lowest BCUT2D eigenvalue weighted by molar-refractivity contribution is -0.436. The molecule has 0 radical (unpaired) electrons. The van der Waals surface area contributed by atoms with Gasteiger partial charge in [0.1, 0.15) is 0 Å². The van der Waals surface area contributed by atoms with Gasteiger partial charge in [-0.25, -0.2) is 35.1 Å². The first-order valence-electron chi connectivity index (χ1n) is 5.50. The molecule has 11 heteroatoms. The molecule has 0 aliphatic heterocycles. The van der Waals surface area contributed by atoms with Crippen LogP contribution in [-0.2, 0) is 0 Å². The van der Waals surface area contributed by atoms with Gasteiger partial charge < -0.3 is 5.21 Å². The van der Waals surface area contributed by atoms with E-state index in [1.165, 1.54) is 0 Å². The van der Waals surface area contributed by atoms with E-state index in [0.29, 0.717) is 0 Å². The Morgan fingerprint density at radius 1 is 0.652 bits per heavy atom. The Kier molecular flexibility index (Phi) is 4.21. The quantitative estimate of drug-likeness (QED) is 0.194. The number of nitrogens with zero attached hydrogens (tertiary/aromatic N) is 2. The molecule has 0 aliphatic carbocycles. The van der Waals surface area contributed by atoms with E-state index in [1.807, 2.05) is 0 Å². The number of azo groups is 1. The Morgan fingerprint density at radius 2 is 1.04 bits per heavy atom. The Morgan fingerprint density at radius 3 is 1.48 bits per heavy atom. The van der Waals surface area contributed by atoms with Gasteiger partial charge in [0.05, 0.1) is 12.1 Å². The number of rotatable bonds is 2. The Hall–Kier alpha value is -2.72. The molecule has 0 spiro atoms. The molecule has 2 aromatic carbocycles. The predicted molar refractivity (Wildman–Crippen MR) is 57.9 cm³/mol. The zero-order valence-corrected chi connectivity index (χ0v) is 10.5. The third-order valence-electron chi connectivity index (χ3n) is 2.57. The van der Waals surface area contributed by atoms with E-state index < -0.39 is 62.8 Å². The van der Waals surface area contributed by atoms with E-state index in [-0.39, 0.29) is 12.1 Å². The van der Waals surface area contributed by atoms with Gasteiger partial charge >= 0.3 is 0 Å². The molecule has 0 aromatic heterocycles. The first-order chi connectivity index (χ1) is 10.6. The summed E-state index contributed by atoms with van der Waals surface area (Å²) in [6, 6.07) is 0.224. The minimum absolute atomic E-state index is 0.112. The molecule has 0 unspecified atom stereocenters. The highest BCUT2D eigenvalue weighted by molar-refractivity contribution is 5.41. The SMILES string of the molecule is [O-][N+](=Nc1c(F)c(F)c(F)c(F)c1F)c1cc(F)c(F)c(F)c1. The van der Waals surface area contributed by atoms with Crippen molar-refractivity contribution in [3.63, 3.8) is 0 Å². The third kappa shape index (κ3) is 2.81. The van der Waals surface area contributed by atoms with Crippen LogP contribution in [0.25, 0.3) is 0 Å². The van der Waals surface area contributed by atoms with Gasteiger partial charge in [0.15, 0.2) is 40.7 Å². The van der Waals surface area contributed by atoms with Crippen LogP contribution >= 0.6 is 0 Å². The molecule has 122 valence electrons. The highest BCUT2D eigenvalue weighted by Gasteiger charge is 2.28. The minimum Gasteiger partial charge on any atom is -0.594 e. The summed E-state index contributed by atoms with van der Waals surface area (Å²) in [5, 5.41) is 14.0. The van der Waals surface area contributed by atoms with Crippen LogP contribution in [0.1, 0.15) is 0 Å². The second-order valence-electron chi connectivity index (χ2n) is 4.01. The minimum atomic E-state index is -2.48.